The zero-order chi connectivity index (χ0) is 29.6. The normalized spacial score (nSPS) is 14.6. The standard InChI is InChI=1S/C27H26F5N7O2/c28-18-7-4-11-36-25(18)39-23(27(30,31)32)17(14-33)26(40)38-16-8-9-20(19(29)13-16)41-21-10-12-35-24(34)22(21)37-15-5-2-1-3-6-15/h4,7-15,33,37H,1-3,5-6H2,(H2,34,35)(H,36,39)(H,38,40)/b23-17+,33-14?. The molecule has 14 heteroatoms. The van der Waals surface area contributed by atoms with E-state index in [4.69, 9.17) is 15.9 Å². The third-order valence-corrected chi connectivity index (χ3v) is 6.25. The fourth-order valence-corrected chi connectivity index (χ4v) is 4.26. The van der Waals surface area contributed by atoms with Gasteiger partial charge in [-0.25, -0.2) is 18.7 Å². The summed E-state index contributed by atoms with van der Waals surface area (Å²) in [5.41, 5.74) is 3.31. The molecule has 1 aliphatic rings. The number of benzene rings is 1. The van der Waals surface area contributed by atoms with E-state index in [1.165, 1.54) is 30.5 Å². The molecule has 0 bridgehead atoms. The number of carbonyl (C=O) groups excluding carboxylic acids is 1. The summed E-state index contributed by atoms with van der Waals surface area (Å²) in [7, 11) is 0. The summed E-state index contributed by atoms with van der Waals surface area (Å²) in [6.45, 7) is 0. The molecule has 0 unspecified atom stereocenters. The minimum Gasteiger partial charge on any atom is -0.452 e. The van der Waals surface area contributed by atoms with Crippen molar-refractivity contribution in [3.8, 4) is 11.5 Å². The Balaban J connectivity index is 1.54. The van der Waals surface area contributed by atoms with Crippen molar-refractivity contribution in [2.45, 2.75) is 44.3 Å². The van der Waals surface area contributed by atoms with Gasteiger partial charge in [0.15, 0.2) is 34.8 Å². The van der Waals surface area contributed by atoms with E-state index in [9.17, 15) is 26.7 Å². The Hall–Kier alpha value is -4.75. The first-order chi connectivity index (χ1) is 19.6. The molecule has 1 fully saturated rings. The highest BCUT2D eigenvalue weighted by Crippen LogP contribution is 2.36. The molecule has 216 valence electrons. The first-order valence-corrected chi connectivity index (χ1v) is 12.6. The van der Waals surface area contributed by atoms with Gasteiger partial charge in [-0.1, -0.05) is 19.3 Å². The molecular formula is C27H26F5N7O2. The van der Waals surface area contributed by atoms with Crippen LogP contribution in [0.25, 0.3) is 0 Å². The fourth-order valence-electron chi connectivity index (χ4n) is 4.26. The van der Waals surface area contributed by atoms with E-state index in [1.54, 1.807) is 5.32 Å². The van der Waals surface area contributed by atoms with Gasteiger partial charge in [-0.15, -0.1) is 0 Å². The van der Waals surface area contributed by atoms with Crippen LogP contribution in [0.3, 0.4) is 0 Å². The van der Waals surface area contributed by atoms with Gasteiger partial charge in [0, 0.05) is 42.5 Å². The lowest BCUT2D eigenvalue weighted by molar-refractivity contribution is -0.114. The van der Waals surface area contributed by atoms with E-state index in [0.29, 0.717) is 5.69 Å². The van der Waals surface area contributed by atoms with Gasteiger partial charge >= 0.3 is 6.18 Å². The molecule has 6 N–H and O–H groups in total. The maximum absolute atomic E-state index is 15.0. The van der Waals surface area contributed by atoms with Crippen molar-refractivity contribution in [1.82, 2.24) is 9.97 Å². The number of nitrogens with two attached hydrogens (primary N) is 1. The Bertz CT molecular complexity index is 1460. The Morgan fingerprint density at radius 1 is 1.00 bits per heavy atom. The maximum atomic E-state index is 15.0. The zero-order valence-corrected chi connectivity index (χ0v) is 21.5. The Kier molecular flexibility index (Phi) is 9.00. The number of hydrogen-bond donors (Lipinski definition) is 5. The van der Waals surface area contributed by atoms with Gasteiger partial charge in [0.25, 0.3) is 5.91 Å². The highest BCUT2D eigenvalue weighted by atomic mass is 19.4. The second-order valence-corrected chi connectivity index (χ2v) is 9.14. The summed E-state index contributed by atoms with van der Waals surface area (Å²) in [5.74, 6) is -4.10. The van der Waals surface area contributed by atoms with Crippen molar-refractivity contribution in [3.63, 3.8) is 0 Å². The molecule has 2 aromatic heterocycles. The number of nitrogens with one attached hydrogen (secondary N) is 4. The number of aromatic nitrogens is 2. The monoisotopic (exact) mass is 575 g/mol. The third-order valence-electron chi connectivity index (χ3n) is 6.25. The van der Waals surface area contributed by atoms with Gasteiger partial charge in [0.05, 0.1) is 5.57 Å². The molecular weight excluding hydrogens is 549 g/mol. The number of carbonyl (C=O) groups is 1. The number of amides is 1. The van der Waals surface area contributed by atoms with Crippen molar-refractivity contribution in [2.24, 2.45) is 0 Å². The molecule has 0 spiro atoms. The van der Waals surface area contributed by atoms with Crippen LogP contribution in [0, 0.1) is 17.0 Å². The third kappa shape index (κ3) is 7.26. The SMILES string of the molecule is N=C/C(C(=O)Nc1ccc(Oc2ccnc(N)c2NC2CCCCC2)c(F)c1)=C(\Nc1ncccc1F)C(F)(F)F. The predicted molar refractivity (Wildman–Crippen MR) is 144 cm³/mol. The second-order valence-electron chi connectivity index (χ2n) is 9.14. The lowest BCUT2D eigenvalue weighted by Crippen LogP contribution is -2.28. The van der Waals surface area contributed by atoms with Gasteiger partial charge in [-0.3, -0.25) is 4.79 Å². The topological polar surface area (TPSA) is 138 Å². The summed E-state index contributed by atoms with van der Waals surface area (Å²) in [4.78, 5) is 20.3. The molecule has 0 aliphatic heterocycles. The lowest BCUT2D eigenvalue weighted by Gasteiger charge is -2.25. The molecule has 9 nitrogen and oxygen atoms in total. The molecule has 1 saturated carbocycles. The van der Waals surface area contributed by atoms with Crippen LogP contribution in [-0.2, 0) is 4.79 Å². The van der Waals surface area contributed by atoms with Crippen LogP contribution in [-0.4, -0.2) is 34.3 Å². The zero-order valence-electron chi connectivity index (χ0n) is 21.5. The fraction of sp³-hybridized carbons (Fsp3) is 0.259. The summed E-state index contributed by atoms with van der Waals surface area (Å²) >= 11 is 0. The van der Waals surface area contributed by atoms with E-state index < -0.39 is 40.8 Å². The molecule has 0 atom stereocenters. The number of alkyl halides is 3. The highest BCUT2D eigenvalue weighted by molar-refractivity contribution is 6.18. The maximum Gasteiger partial charge on any atom is 0.432 e. The highest BCUT2D eigenvalue weighted by Gasteiger charge is 2.39. The van der Waals surface area contributed by atoms with Crippen molar-refractivity contribution in [1.29, 1.82) is 5.41 Å². The van der Waals surface area contributed by atoms with Gasteiger partial charge in [0.2, 0.25) is 0 Å². The molecule has 4 rings (SSSR count). The predicted octanol–water partition coefficient (Wildman–Crippen LogP) is 6.39. The minimum atomic E-state index is -5.19. The van der Waals surface area contributed by atoms with Crippen molar-refractivity contribution in [2.75, 3.05) is 21.7 Å². The Morgan fingerprint density at radius 3 is 2.41 bits per heavy atom. The van der Waals surface area contributed by atoms with Crippen LogP contribution in [0.5, 0.6) is 11.5 Å². The number of nitrogens with zero attached hydrogens (tertiary/aromatic N) is 2. The number of ether oxygens (including phenoxy) is 1. The van der Waals surface area contributed by atoms with E-state index >= 15 is 0 Å². The Labute approximate surface area is 231 Å². The van der Waals surface area contributed by atoms with E-state index in [0.717, 1.165) is 50.4 Å². The van der Waals surface area contributed by atoms with E-state index in [-0.39, 0.29) is 35.3 Å². The first kappa shape index (κ1) is 29.2. The molecule has 0 saturated heterocycles. The average molecular weight is 576 g/mol. The van der Waals surface area contributed by atoms with Crippen molar-refractivity contribution >= 4 is 35.1 Å². The minimum absolute atomic E-state index is 0.147. The average Bonchev–Trinajstić information content (AvgIpc) is 2.93. The Morgan fingerprint density at radius 2 is 1.76 bits per heavy atom. The van der Waals surface area contributed by atoms with Crippen LogP contribution < -0.4 is 26.4 Å². The number of rotatable bonds is 9. The summed E-state index contributed by atoms with van der Waals surface area (Å²) < 4.78 is 75.9. The van der Waals surface area contributed by atoms with Crippen LogP contribution in [0.15, 0.2) is 60.1 Å². The summed E-state index contributed by atoms with van der Waals surface area (Å²) in [5, 5.41) is 14.6. The largest absolute Gasteiger partial charge is 0.452 e. The molecule has 0 radical (unpaired) electrons. The van der Waals surface area contributed by atoms with Crippen LogP contribution in [0.1, 0.15) is 32.1 Å². The summed E-state index contributed by atoms with van der Waals surface area (Å²) in [6, 6.07) is 6.92. The van der Waals surface area contributed by atoms with Crippen LogP contribution in [0.2, 0.25) is 0 Å². The van der Waals surface area contributed by atoms with Gasteiger partial charge in [0.1, 0.15) is 11.4 Å². The molecule has 2 heterocycles. The van der Waals surface area contributed by atoms with Crippen molar-refractivity contribution < 1.29 is 31.5 Å². The van der Waals surface area contributed by atoms with E-state index in [1.807, 2.05) is 0 Å². The van der Waals surface area contributed by atoms with E-state index in [2.05, 4.69) is 20.6 Å². The smallest absolute Gasteiger partial charge is 0.432 e. The lowest BCUT2D eigenvalue weighted by atomic mass is 9.95. The number of allylic oxidation sites excluding steroid dienone is 1. The number of nitrogen functional groups attached to an aromatic ring is 1. The molecule has 1 amide bonds. The molecule has 1 aliphatic carbocycles. The van der Waals surface area contributed by atoms with Crippen molar-refractivity contribution in [3.05, 3.63) is 71.7 Å². The second kappa shape index (κ2) is 12.6. The molecule has 41 heavy (non-hydrogen) atoms. The molecule has 3 aromatic rings. The molecule has 1 aromatic carbocycles. The number of halogens is 5. The van der Waals surface area contributed by atoms with Crippen LogP contribution >= 0.6 is 0 Å². The summed E-state index contributed by atoms with van der Waals surface area (Å²) in [6.07, 6.45) is 2.54. The first-order valence-electron chi connectivity index (χ1n) is 12.6. The van der Waals surface area contributed by atoms with Gasteiger partial charge in [-0.05, 0) is 37.1 Å². The van der Waals surface area contributed by atoms with Gasteiger partial charge in [-0.2, -0.15) is 13.2 Å². The van der Waals surface area contributed by atoms with Gasteiger partial charge < -0.3 is 31.8 Å². The number of anilines is 4. The number of hydrogen-bond acceptors (Lipinski definition) is 8. The number of pyridine rings is 2. The quantitative estimate of drug-likeness (QED) is 0.113. The van der Waals surface area contributed by atoms with Crippen LogP contribution in [0.4, 0.5) is 45.0 Å².